The molecule has 1 heterocycles. The van der Waals surface area contributed by atoms with E-state index in [0.717, 1.165) is 0 Å². The molecule has 0 aromatic carbocycles. The van der Waals surface area contributed by atoms with Crippen molar-refractivity contribution in [2.45, 2.75) is 12.1 Å². The highest BCUT2D eigenvalue weighted by Gasteiger charge is 2.19. The Morgan fingerprint density at radius 1 is 1.86 bits per heavy atom. The Bertz CT molecular complexity index is 86.3. The molecule has 1 aliphatic heterocycles. The fourth-order valence-electron chi connectivity index (χ4n) is 0.479. The van der Waals surface area contributed by atoms with Crippen LogP contribution >= 0.6 is 0 Å². The molecular formula is C5H8NO. The van der Waals surface area contributed by atoms with Gasteiger partial charge in [0.15, 0.2) is 5.72 Å². The molecule has 0 aliphatic carbocycles. The smallest absolute Gasteiger partial charge is 0.161 e. The van der Waals surface area contributed by atoms with Crippen molar-refractivity contribution in [3.05, 3.63) is 19.3 Å². The minimum atomic E-state index is -0.667. The molecule has 1 unspecified atom stereocenters. The molecule has 0 spiro atoms. The molecule has 0 amide bonds. The highest BCUT2D eigenvalue weighted by molar-refractivity contribution is 4.95. The van der Waals surface area contributed by atoms with Crippen LogP contribution in [0, 0.1) is 6.92 Å². The van der Waals surface area contributed by atoms with Gasteiger partial charge in [-0.25, -0.2) is 0 Å². The maximum absolute atomic E-state index is 5.38. The van der Waals surface area contributed by atoms with E-state index in [1.165, 1.54) is 0 Å². The summed E-state index contributed by atoms with van der Waals surface area (Å²) in [6.07, 6.45) is 4.15. The number of ether oxygens (including phenoxy) is 1. The van der Waals surface area contributed by atoms with Gasteiger partial charge in [-0.15, -0.1) is 0 Å². The topological polar surface area (TPSA) is 35.2 Å². The fraction of sp³-hybridized carbons (Fsp3) is 0.400. The van der Waals surface area contributed by atoms with Gasteiger partial charge in [0.25, 0.3) is 0 Å². The first-order chi connectivity index (χ1) is 3.21. The van der Waals surface area contributed by atoms with Gasteiger partial charge < -0.3 is 4.74 Å². The van der Waals surface area contributed by atoms with Gasteiger partial charge in [0, 0.05) is 13.3 Å². The van der Waals surface area contributed by atoms with Gasteiger partial charge >= 0.3 is 0 Å². The third-order valence-electron chi connectivity index (χ3n) is 0.862. The average molecular weight is 98.1 g/mol. The van der Waals surface area contributed by atoms with Crippen LogP contribution in [0.1, 0.15) is 6.42 Å². The molecule has 1 aliphatic rings. The van der Waals surface area contributed by atoms with E-state index in [-0.39, 0.29) is 0 Å². The molecule has 2 heteroatoms. The lowest BCUT2D eigenvalue weighted by atomic mass is 10.2. The summed E-state index contributed by atoms with van der Waals surface area (Å²) in [6, 6.07) is 0. The zero-order valence-electron chi connectivity index (χ0n) is 4.05. The molecule has 0 bridgehead atoms. The fourth-order valence-corrected chi connectivity index (χ4v) is 0.479. The van der Waals surface area contributed by atoms with Crippen LogP contribution in [0.5, 0.6) is 0 Å². The number of hydrogen-bond donors (Lipinski definition) is 1. The summed E-state index contributed by atoms with van der Waals surface area (Å²) in [7, 11) is 0. The van der Waals surface area contributed by atoms with Crippen molar-refractivity contribution in [2.75, 3.05) is 0 Å². The van der Waals surface area contributed by atoms with E-state index in [1.807, 2.05) is 6.08 Å². The molecule has 7 heavy (non-hydrogen) atoms. The van der Waals surface area contributed by atoms with Gasteiger partial charge in [0.2, 0.25) is 0 Å². The molecule has 0 fully saturated rings. The van der Waals surface area contributed by atoms with Gasteiger partial charge in [0.05, 0.1) is 6.26 Å². The molecule has 0 aromatic rings. The van der Waals surface area contributed by atoms with Crippen LogP contribution in [0.15, 0.2) is 12.3 Å². The highest BCUT2D eigenvalue weighted by Crippen LogP contribution is 2.14. The molecule has 1 rings (SSSR count). The largest absolute Gasteiger partial charge is 0.481 e. The Morgan fingerprint density at radius 3 is 2.71 bits per heavy atom. The Hall–Kier alpha value is -0.500. The molecule has 39 valence electrons. The van der Waals surface area contributed by atoms with E-state index in [4.69, 9.17) is 10.5 Å². The van der Waals surface area contributed by atoms with Crippen molar-refractivity contribution >= 4 is 0 Å². The third kappa shape index (κ3) is 0.933. The van der Waals surface area contributed by atoms with E-state index >= 15 is 0 Å². The predicted molar refractivity (Wildman–Crippen MR) is 27.1 cm³/mol. The summed E-state index contributed by atoms with van der Waals surface area (Å²) in [6.45, 7) is 3.56. The van der Waals surface area contributed by atoms with Crippen molar-refractivity contribution < 1.29 is 4.74 Å². The Kier molecular flexibility index (Phi) is 0.820. The SMILES string of the molecule is [CH2]C1(N)CC=CO1. The van der Waals surface area contributed by atoms with Crippen molar-refractivity contribution in [3.8, 4) is 0 Å². The first kappa shape index (κ1) is 4.65. The second-order valence-electron chi connectivity index (χ2n) is 1.76. The van der Waals surface area contributed by atoms with Crippen molar-refractivity contribution in [2.24, 2.45) is 5.73 Å². The Labute approximate surface area is 43.0 Å². The molecule has 0 saturated carbocycles. The number of rotatable bonds is 0. The van der Waals surface area contributed by atoms with Crippen molar-refractivity contribution in [1.29, 1.82) is 0 Å². The van der Waals surface area contributed by atoms with Crippen LogP contribution in [-0.4, -0.2) is 5.72 Å². The van der Waals surface area contributed by atoms with E-state index in [0.29, 0.717) is 6.42 Å². The van der Waals surface area contributed by atoms with E-state index in [2.05, 4.69) is 6.92 Å². The summed E-state index contributed by atoms with van der Waals surface area (Å²) in [4.78, 5) is 0. The lowest BCUT2D eigenvalue weighted by Gasteiger charge is -2.15. The molecule has 2 N–H and O–H groups in total. The van der Waals surface area contributed by atoms with Gasteiger partial charge in [-0.3, -0.25) is 5.73 Å². The number of nitrogens with two attached hydrogens (primary N) is 1. The van der Waals surface area contributed by atoms with Crippen LogP contribution in [0.2, 0.25) is 0 Å². The van der Waals surface area contributed by atoms with Crippen LogP contribution in [0.3, 0.4) is 0 Å². The molecule has 2 nitrogen and oxygen atoms in total. The monoisotopic (exact) mass is 98.1 g/mol. The zero-order valence-corrected chi connectivity index (χ0v) is 4.05. The molecule has 0 aromatic heterocycles. The van der Waals surface area contributed by atoms with E-state index < -0.39 is 5.72 Å². The van der Waals surface area contributed by atoms with Gasteiger partial charge in [-0.05, 0) is 6.08 Å². The average Bonchev–Trinajstić information content (AvgIpc) is 1.84. The third-order valence-corrected chi connectivity index (χ3v) is 0.862. The lowest BCUT2D eigenvalue weighted by molar-refractivity contribution is 0.0969. The van der Waals surface area contributed by atoms with Crippen LogP contribution < -0.4 is 5.73 Å². The Morgan fingerprint density at radius 2 is 2.57 bits per heavy atom. The second kappa shape index (κ2) is 1.23. The van der Waals surface area contributed by atoms with E-state index in [1.54, 1.807) is 6.26 Å². The normalized spacial score (nSPS) is 38.6. The predicted octanol–water partition coefficient (Wildman–Crippen LogP) is 0.409. The maximum Gasteiger partial charge on any atom is 0.161 e. The zero-order chi connectivity index (χ0) is 5.33. The van der Waals surface area contributed by atoms with Crippen LogP contribution in [0.4, 0.5) is 0 Å². The minimum Gasteiger partial charge on any atom is -0.481 e. The van der Waals surface area contributed by atoms with Gasteiger partial charge in [-0.1, -0.05) is 0 Å². The summed E-state index contributed by atoms with van der Waals surface area (Å²) >= 11 is 0. The van der Waals surface area contributed by atoms with Crippen molar-refractivity contribution in [3.63, 3.8) is 0 Å². The first-order valence-electron chi connectivity index (χ1n) is 2.18. The molecule has 0 saturated heterocycles. The summed E-state index contributed by atoms with van der Waals surface area (Å²) in [5, 5.41) is 0. The molecular weight excluding hydrogens is 90.1 g/mol. The quantitative estimate of drug-likeness (QED) is 0.476. The summed E-state index contributed by atoms with van der Waals surface area (Å²) in [5.74, 6) is 0. The Balaban J connectivity index is 2.49. The molecule has 1 atom stereocenters. The van der Waals surface area contributed by atoms with Gasteiger partial charge in [-0.2, -0.15) is 0 Å². The minimum absolute atomic E-state index is 0.667. The first-order valence-corrected chi connectivity index (χ1v) is 2.18. The maximum atomic E-state index is 5.38. The standard InChI is InChI=1S/C5H8NO/c1-5(6)3-2-4-7-5/h2,4H,1,3,6H2. The van der Waals surface area contributed by atoms with Crippen LogP contribution in [-0.2, 0) is 4.74 Å². The molecule has 1 radical (unpaired) electrons. The van der Waals surface area contributed by atoms with Gasteiger partial charge in [0.1, 0.15) is 0 Å². The highest BCUT2D eigenvalue weighted by atomic mass is 16.5. The lowest BCUT2D eigenvalue weighted by Crippen LogP contribution is -2.34. The van der Waals surface area contributed by atoms with Crippen molar-refractivity contribution in [1.82, 2.24) is 0 Å². The van der Waals surface area contributed by atoms with Crippen LogP contribution in [0.25, 0.3) is 0 Å². The second-order valence-corrected chi connectivity index (χ2v) is 1.76. The summed E-state index contributed by atoms with van der Waals surface area (Å²) in [5.41, 5.74) is 4.72. The van der Waals surface area contributed by atoms with E-state index in [9.17, 15) is 0 Å². The number of hydrogen-bond acceptors (Lipinski definition) is 2. The summed E-state index contributed by atoms with van der Waals surface area (Å²) < 4.78 is 4.83.